The quantitative estimate of drug-likeness (QED) is 0.812. The largest absolute Gasteiger partial charge is 0.385 e. The van der Waals surface area contributed by atoms with E-state index in [0.29, 0.717) is 6.61 Å². The molecule has 3 rings (SSSR count). The molecule has 0 spiro atoms. The van der Waals surface area contributed by atoms with Crippen molar-refractivity contribution in [3.05, 3.63) is 71.3 Å². The van der Waals surface area contributed by atoms with Crippen LogP contribution < -0.4 is 4.90 Å². The molecule has 1 heterocycles. The molecular formula is C22H30NO2+. The summed E-state index contributed by atoms with van der Waals surface area (Å²) in [6.07, 6.45) is 3.34. The van der Waals surface area contributed by atoms with E-state index in [0.717, 1.165) is 12.1 Å². The molecule has 1 fully saturated rings. The molecule has 0 aromatic heterocycles. The predicted molar refractivity (Wildman–Crippen MR) is 101 cm³/mol. The van der Waals surface area contributed by atoms with E-state index in [-0.39, 0.29) is 6.10 Å². The number of aryl methyl sites for hydroxylation is 1. The molecule has 3 nitrogen and oxygen atoms in total. The standard InChI is InChI=1S/C22H29NO2/c1-18-10-6-7-13-21(18)22(19-11-4-2-5-12-19)25-17-20(24)16-23-14-8-3-9-15-23/h2,4-7,10-13,20,22,24H,3,8-9,14-17H2,1H3/p+1/t20-,22-/m1/s1. The fourth-order valence-electron chi connectivity index (χ4n) is 3.73. The maximum Gasteiger partial charge on any atom is 0.126 e. The number of nitrogens with one attached hydrogen (secondary N) is 1. The second kappa shape index (κ2) is 9.14. The van der Waals surface area contributed by atoms with Gasteiger partial charge in [0.15, 0.2) is 0 Å². The Morgan fingerprint density at radius 1 is 0.960 bits per heavy atom. The third-order valence-corrected chi connectivity index (χ3v) is 5.11. The first-order chi connectivity index (χ1) is 12.2. The number of quaternary nitrogens is 1. The van der Waals surface area contributed by atoms with Crippen molar-refractivity contribution in [3.63, 3.8) is 0 Å². The van der Waals surface area contributed by atoms with E-state index < -0.39 is 6.10 Å². The summed E-state index contributed by atoms with van der Waals surface area (Å²) in [5.41, 5.74) is 3.52. The number of likely N-dealkylation sites (tertiary alicyclic amines) is 1. The first-order valence-electron chi connectivity index (χ1n) is 9.48. The minimum atomic E-state index is -0.414. The Labute approximate surface area is 151 Å². The maximum atomic E-state index is 10.5. The highest BCUT2D eigenvalue weighted by molar-refractivity contribution is 5.35. The number of ether oxygens (including phenoxy) is 1. The summed E-state index contributed by atoms with van der Waals surface area (Å²) in [7, 11) is 0. The molecule has 25 heavy (non-hydrogen) atoms. The SMILES string of the molecule is Cc1ccccc1[C@H](OC[C@H](O)C[NH+]1CCCCC1)c1ccccc1. The second-order valence-electron chi connectivity index (χ2n) is 7.15. The monoisotopic (exact) mass is 340 g/mol. The summed E-state index contributed by atoms with van der Waals surface area (Å²) in [5, 5.41) is 10.5. The molecule has 0 radical (unpaired) electrons. The van der Waals surface area contributed by atoms with Crippen LogP contribution in [0.1, 0.15) is 42.1 Å². The zero-order chi connectivity index (χ0) is 17.5. The summed E-state index contributed by atoms with van der Waals surface area (Å²) >= 11 is 0. The molecule has 2 atom stereocenters. The number of aliphatic hydroxyl groups excluding tert-OH is 1. The van der Waals surface area contributed by atoms with Crippen molar-refractivity contribution >= 4 is 0 Å². The molecule has 0 amide bonds. The highest BCUT2D eigenvalue weighted by Gasteiger charge is 2.21. The molecule has 1 saturated heterocycles. The molecule has 134 valence electrons. The van der Waals surface area contributed by atoms with E-state index in [1.807, 2.05) is 18.2 Å². The van der Waals surface area contributed by atoms with Gasteiger partial charge in [-0.1, -0.05) is 54.6 Å². The van der Waals surface area contributed by atoms with Crippen molar-refractivity contribution in [3.8, 4) is 0 Å². The van der Waals surface area contributed by atoms with Gasteiger partial charge in [0.2, 0.25) is 0 Å². The Kier molecular flexibility index (Phi) is 6.62. The van der Waals surface area contributed by atoms with Crippen LogP contribution in [-0.4, -0.2) is 37.5 Å². The zero-order valence-corrected chi connectivity index (χ0v) is 15.2. The van der Waals surface area contributed by atoms with Crippen molar-refractivity contribution in [2.75, 3.05) is 26.2 Å². The van der Waals surface area contributed by atoms with Crippen LogP contribution in [-0.2, 0) is 4.74 Å². The van der Waals surface area contributed by atoms with Crippen molar-refractivity contribution in [1.82, 2.24) is 0 Å². The lowest BCUT2D eigenvalue weighted by Gasteiger charge is -2.27. The van der Waals surface area contributed by atoms with Crippen molar-refractivity contribution < 1.29 is 14.7 Å². The number of hydrogen-bond donors (Lipinski definition) is 2. The molecule has 0 aliphatic carbocycles. The van der Waals surface area contributed by atoms with Crippen LogP contribution in [0.5, 0.6) is 0 Å². The Morgan fingerprint density at radius 2 is 1.64 bits per heavy atom. The second-order valence-corrected chi connectivity index (χ2v) is 7.15. The third kappa shape index (κ3) is 5.15. The van der Waals surface area contributed by atoms with E-state index in [4.69, 9.17) is 4.74 Å². The van der Waals surface area contributed by atoms with Gasteiger partial charge in [-0.3, -0.25) is 0 Å². The summed E-state index contributed by atoms with van der Waals surface area (Å²) < 4.78 is 6.24. The van der Waals surface area contributed by atoms with Gasteiger partial charge in [-0.05, 0) is 42.9 Å². The highest BCUT2D eigenvalue weighted by Crippen LogP contribution is 2.28. The zero-order valence-electron chi connectivity index (χ0n) is 15.2. The van der Waals surface area contributed by atoms with Gasteiger partial charge < -0.3 is 14.7 Å². The van der Waals surface area contributed by atoms with Crippen molar-refractivity contribution in [1.29, 1.82) is 0 Å². The lowest BCUT2D eigenvalue weighted by Crippen LogP contribution is -3.14. The highest BCUT2D eigenvalue weighted by atomic mass is 16.5. The van der Waals surface area contributed by atoms with E-state index in [1.54, 1.807) is 0 Å². The molecule has 1 aliphatic rings. The van der Waals surface area contributed by atoms with Gasteiger partial charge >= 0.3 is 0 Å². The molecular weight excluding hydrogens is 310 g/mol. The van der Waals surface area contributed by atoms with Crippen LogP contribution in [0.25, 0.3) is 0 Å². The van der Waals surface area contributed by atoms with Gasteiger partial charge in [0.05, 0.1) is 19.7 Å². The third-order valence-electron chi connectivity index (χ3n) is 5.11. The Hall–Kier alpha value is -1.68. The normalized spacial score (nSPS) is 18.0. The fourth-order valence-corrected chi connectivity index (χ4v) is 3.73. The average molecular weight is 340 g/mol. The number of aliphatic hydroxyl groups is 1. The fraction of sp³-hybridized carbons (Fsp3) is 0.455. The molecule has 0 saturated carbocycles. The maximum absolute atomic E-state index is 10.5. The molecule has 0 bridgehead atoms. The van der Waals surface area contributed by atoms with Crippen molar-refractivity contribution in [2.24, 2.45) is 0 Å². The molecule has 2 aromatic carbocycles. The van der Waals surface area contributed by atoms with Crippen molar-refractivity contribution in [2.45, 2.75) is 38.4 Å². The Balaban J connectivity index is 1.67. The van der Waals surface area contributed by atoms with E-state index >= 15 is 0 Å². The van der Waals surface area contributed by atoms with Crippen LogP contribution in [0.15, 0.2) is 54.6 Å². The number of hydrogen-bond acceptors (Lipinski definition) is 2. The van der Waals surface area contributed by atoms with Gasteiger partial charge in [0.25, 0.3) is 0 Å². The number of benzene rings is 2. The van der Waals surface area contributed by atoms with Gasteiger partial charge in [-0.25, -0.2) is 0 Å². The van der Waals surface area contributed by atoms with Crippen LogP contribution >= 0.6 is 0 Å². The Bertz CT molecular complexity index is 637. The minimum absolute atomic E-state index is 0.131. The van der Waals surface area contributed by atoms with Gasteiger partial charge in [0.1, 0.15) is 18.8 Å². The predicted octanol–water partition coefficient (Wildman–Crippen LogP) is 2.53. The summed E-state index contributed by atoms with van der Waals surface area (Å²) in [6, 6.07) is 18.6. The first kappa shape index (κ1) is 18.1. The minimum Gasteiger partial charge on any atom is -0.385 e. The molecule has 2 aromatic rings. The van der Waals surface area contributed by atoms with Gasteiger partial charge in [0, 0.05) is 0 Å². The topological polar surface area (TPSA) is 33.9 Å². The molecule has 1 aliphatic heterocycles. The van der Waals surface area contributed by atoms with Crippen LogP contribution in [0, 0.1) is 6.92 Å². The van der Waals surface area contributed by atoms with Gasteiger partial charge in [-0.2, -0.15) is 0 Å². The van der Waals surface area contributed by atoms with Crippen LogP contribution in [0.2, 0.25) is 0 Å². The molecule has 3 heteroatoms. The molecule has 0 unspecified atom stereocenters. The Morgan fingerprint density at radius 3 is 2.36 bits per heavy atom. The van der Waals surface area contributed by atoms with E-state index in [1.165, 1.54) is 48.4 Å². The smallest absolute Gasteiger partial charge is 0.126 e. The number of piperidine rings is 1. The first-order valence-corrected chi connectivity index (χ1v) is 9.48. The van der Waals surface area contributed by atoms with E-state index in [2.05, 4.69) is 43.3 Å². The van der Waals surface area contributed by atoms with E-state index in [9.17, 15) is 5.11 Å². The average Bonchev–Trinajstić information content (AvgIpc) is 2.65. The van der Waals surface area contributed by atoms with Gasteiger partial charge in [-0.15, -0.1) is 0 Å². The summed E-state index contributed by atoms with van der Waals surface area (Å²) in [6.45, 7) is 5.63. The van der Waals surface area contributed by atoms with Crippen LogP contribution in [0.4, 0.5) is 0 Å². The lowest BCUT2D eigenvalue weighted by atomic mass is 9.97. The summed E-state index contributed by atoms with van der Waals surface area (Å²) in [4.78, 5) is 1.51. The number of rotatable bonds is 7. The summed E-state index contributed by atoms with van der Waals surface area (Å²) in [5.74, 6) is 0. The molecule has 2 N–H and O–H groups in total. The lowest BCUT2D eigenvalue weighted by molar-refractivity contribution is -0.908. The van der Waals surface area contributed by atoms with Crippen LogP contribution in [0.3, 0.4) is 0 Å².